The van der Waals surface area contributed by atoms with Gasteiger partial charge in [0.25, 0.3) is 5.91 Å². The van der Waals surface area contributed by atoms with Crippen LogP contribution in [0.1, 0.15) is 23.7 Å². The average Bonchev–Trinajstić information content (AvgIpc) is 2.84. The third-order valence-corrected chi connectivity index (χ3v) is 4.57. The molecule has 0 radical (unpaired) electrons. The number of aliphatic carboxylic acids is 1. The maximum absolute atomic E-state index is 13.7. The summed E-state index contributed by atoms with van der Waals surface area (Å²) in [5, 5.41) is 8.80. The molecule has 1 aromatic rings. The van der Waals surface area contributed by atoms with E-state index < -0.39 is 35.1 Å². The molecule has 108 valence electrons. The number of carbonyl (C=O) groups is 2. The first-order valence-corrected chi connectivity index (χ1v) is 7.12. The van der Waals surface area contributed by atoms with Gasteiger partial charge in [-0.15, -0.1) is 11.8 Å². The van der Waals surface area contributed by atoms with Crippen molar-refractivity contribution in [3.63, 3.8) is 0 Å². The van der Waals surface area contributed by atoms with Gasteiger partial charge in [-0.1, -0.05) is 6.92 Å². The van der Waals surface area contributed by atoms with Gasteiger partial charge < -0.3 is 10.0 Å². The Bertz CT molecular complexity index is 552. The van der Waals surface area contributed by atoms with Crippen molar-refractivity contribution in [2.75, 3.05) is 5.75 Å². The average molecular weight is 301 g/mol. The Labute approximate surface area is 118 Å². The summed E-state index contributed by atoms with van der Waals surface area (Å²) in [5.41, 5.74) is -0.433. The van der Waals surface area contributed by atoms with E-state index in [1.807, 2.05) is 6.92 Å². The second-order valence-electron chi connectivity index (χ2n) is 4.39. The number of nitrogens with zero attached hydrogens (tertiary/aromatic N) is 1. The number of rotatable bonds is 3. The maximum atomic E-state index is 13.7. The molecular formula is C13H13F2NO3S. The fourth-order valence-electron chi connectivity index (χ4n) is 2.14. The summed E-state index contributed by atoms with van der Waals surface area (Å²) in [5.74, 6) is -3.27. The van der Waals surface area contributed by atoms with Gasteiger partial charge in [0.2, 0.25) is 0 Å². The zero-order valence-corrected chi connectivity index (χ0v) is 11.5. The first-order chi connectivity index (χ1) is 9.45. The van der Waals surface area contributed by atoms with Crippen molar-refractivity contribution in [2.24, 2.45) is 0 Å². The van der Waals surface area contributed by atoms with Gasteiger partial charge in [-0.2, -0.15) is 0 Å². The van der Waals surface area contributed by atoms with E-state index in [1.165, 1.54) is 11.8 Å². The lowest BCUT2D eigenvalue weighted by molar-refractivity contribution is -0.141. The number of carboxylic acids is 1. The summed E-state index contributed by atoms with van der Waals surface area (Å²) < 4.78 is 26.8. The molecule has 0 aliphatic carbocycles. The van der Waals surface area contributed by atoms with Crippen molar-refractivity contribution < 1.29 is 23.5 Å². The van der Waals surface area contributed by atoms with E-state index in [1.54, 1.807) is 0 Å². The van der Waals surface area contributed by atoms with Crippen LogP contribution in [-0.2, 0) is 4.79 Å². The number of halogens is 2. The summed E-state index contributed by atoms with van der Waals surface area (Å²) in [6, 6.07) is 1.56. The molecule has 20 heavy (non-hydrogen) atoms. The molecule has 0 aromatic heterocycles. The van der Waals surface area contributed by atoms with Crippen LogP contribution >= 0.6 is 11.8 Å². The quantitative estimate of drug-likeness (QED) is 0.931. The van der Waals surface area contributed by atoms with E-state index in [2.05, 4.69) is 0 Å². The van der Waals surface area contributed by atoms with Crippen LogP contribution in [-0.4, -0.2) is 39.1 Å². The topological polar surface area (TPSA) is 57.6 Å². The first-order valence-electron chi connectivity index (χ1n) is 6.07. The van der Waals surface area contributed by atoms with Crippen LogP contribution in [0.5, 0.6) is 0 Å². The van der Waals surface area contributed by atoms with Gasteiger partial charge in [0, 0.05) is 5.75 Å². The van der Waals surface area contributed by atoms with Crippen LogP contribution in [0, 0.1) is 11.6 Å². The predicted octanol–water partition coefficient (Wildman–Crippen LogP) is 2.34. The van der Waals surface area contributed by atoms with Crippen LogP contribution in [0.3, 0.4) is 0 Å². The van der Waals surface area contributed by atoms with Crippen LogP contribution in [0.15, 0.2) is 18.2 Å². The van der Waals surface area contributed by atoms with Crippen molar-refractivity contribution in [3.8, 4) is 0 Å². The van der Waals surface area contributed by atoms with Gasteiger partial charge in [0.15, 0.2) is 0 Å². The van der Waals surface area contributed by atoms with E-state index in [4.69, 9.17) is 5.11 Å². The second-order valence-corrected chi connectivity index (χ2v) is 5.60. The number of carbonyl (C=O) groups excluding carboxylic acids is 1. The zero-order chi connectivity index (χ0) is 14.9. The predicted molar refractivity (Wildman–Crippen MR) is 70.5 cm³/mol. The number of hydrogen-bond acceptors (Lipinski definition) is 3. The fraction of sp³-hybridized carbons (Fsp3) is 0.385. The molecule has 2 rings (SSSR count). The molecule has 2 atom stereocenters. The Morgan fingerprint density at radius 2 is 2.15 bits per heavy atom. The standard InChI is InChI=1S/C13H13F2NO3S/c1-2-11-16(10(6-20-11)13(18)19)12(17)8-5-7(14)3-4-9(8)15/h3-5,10-11H,2,6H2,1H3,(H,18,19). The van der Waals surface area contributed by atoms with Gasteiger partial charge in [0.1, 0.15) is 17.7 Å². The maximum Gasteiger partial charge on any atom is 0.327 e. The lowest BCUT2D eigenvalue weighted by Crippen LogP contribution is -2.45. The Balaban J connectivity index is 2.38. The zero-order valence-electron chi connectivity index (χ0n) is 10.7. The number of thioether (sulfide) groups is 1. The monoisotopic (exact) mass is 301 g/mol. The Morgan fingerprint density at radius 3 is 2.75 bits per heavy atom. The molecule has 0 saturated carbocycles. The lowest BCUT2D eigenvalue weighted by atomic mass is 10.1. The van der Waals surface area contributed by atoms with Crippen molar-refractivity contribution >= 4 is 23.6 Å². The number of amides is 1. The van der Waals surface area contributed by atoms with Crippen LogP contribution in [0.25, 0.3) is 0 Å². The van der Waals surface area contributed by atoms with Gasteiger partial charge in [0.05, 0.1) is 10.9 Å². The minimum atomic E-state index is -1.14. The highest BCUT2D eigenvalue weighted by Crippen LogP contribution is 2.33. The van der Waals surface area contributed by atoms with Crippen molar-refractivity contribution in [3.05, 3.63) is 35.4 Å². The van der Waals surface area contributed by atoms with Crippen LogP contribution < -0.4 is 0 Å². The molecule has 1 saturated heterocycles. The smallest absolute Gasteiger partial charge is 0.327 e. The largest absolute Gasteiger partial charge is 0.480 e. The third kappa shape index (κ3) is 2.63. The van der Waals surface area contributed by atoms with E-state index in [0.29, 0.717) is 6.42 Å². The molecule has 1 heterocycles. The number of benzene rings is 1. The Kier molecular flexibility index (Phi) is 4.27. The minimum Gasteiger partial charge on any atom is -0.480 e. The molecule has 4 nitrogen and oxygen atoms in total. The van der Waals surface area contributed by atoms with Crippen molar-refractivity contribution in [2.45, 2.75) is 24.8 Å². The molecule has 1 aromatic carbocycles. The molecule has 1 fully saturated rings. The van der Waals surface area contributed by atoms with E-state index >= 15 is 0 Å². The van der Waals surface area contributed by atoms with Gasteiger partial charge in [-0.25, -0.2) is 13.6 Å². The molecule has 1 N–H and O–H groups in total. The van der Waals surface area contributed by atoms with E-state index in [-0.39, 0.29) is 11.1 Å². The molecule has 0 spiro atoms. The second kappa shape index (κ2) is 5.78. The summed E-state index contributed by atoms with van der Waals surface area (Å²) >= 11 is 1.33. The SMILES string of the molecule is CCC1SCC(C(=O)O)N1C(=O)c1cc(F)ccc1F. The third-order valence-electron chi connectivity index (χ3n) is 3.12. The molecule has 1 amide bonds. The molecule has 7 heteroatoms. The van der Waals surface area contributed by atoms with Crippen molar-refractivity contribution in [1.82, 2.24) is 4.90 Å². The van der Waals surface area contributed by atoms with Crippen LogP contribution in [0.4, 0.5) is 8.78 Å². The summed E-state index contributed by atoms with van der Waals surface area (Å²) in [6.07, 6.45) is 0.539. The fourth-order valence-corrected chi connectivity index (χ4v) is 3.49. The first kappa shape index (κ1) is 14.8. The molecule has 2 unspecified atom stereocenters. The number of hydrogen-bond donors (Lipinski definition) is 1. The summed E-state index contributed by atoms with van der Waals surface area (Å²) in [4.78, 5) is 24.7. The highest BCUT2D eigenvalue weighted by molar-refractivity contribution is 8.00. The number of carboxylic acid groups (broad SMARTS) is 1. The van der Waals surface area contributed by atoms with E-state index in [0.717, 1.165) is 23.1 Å². The lowest BCUT2D eigenvalue weighted by Gasteiger charge is -2.26. The molecule has 0 bridgehead atoms. The summed E-state index contributed by atoms with van der Waals surface area (Å²) in [6.45, 7) is 1.81. The van der Waals surface area contributed by atoms with Gasteiger partial charge in [-0.05, 0) is 24.6 Å². The van der Waals surface area contributed by atoms with Gasteiger partial charge >= 0.3 is 5.97 Å². The summed E-state index contributed by atoms with van der Waals surface area (Å²) in [7, 11) is 0. The molecule has 1 aliphatic rings. The molecule has 1 aliphatic heterocycles. The highest BCUT2D eigenvalue weighted by Gasteiger charge is 2.41. The molecular weight excluding hydrogens is 288 g/mol. The highest BCUT2D eigenvalue weighted by atomic mass is 32.2. The van der Waals surface area contributed by atoms with Crippen LogP contribution in [0.2, 0.25) is 0 Å². The van der Waals surface area contributed by atoms with Crippen molar-refractivity contribution in [1.29, 1.82) is 0 Å². The normalized spacial score (nSPS) is 22.1. The van der Waals surface area contributed by atoms with Gasteiger partial charge in [-0.3, -0.25) is 4.79 Å². The van der Waals surface area contributed by atoms with E-state index in [9.17, 15) is 18.4 Å². The minimum absolute atomic E-state index is 0.247. The Morgan fingerprint density at radius 1 is 1.45 bits per heavy atom. The Hall–Kier alpha value is -1.63.